The summed E-state index contributed by atoms with van der Waals surface area (Å²) in [5, 5.41) is 23.3. The van der Waals surface area contributed by atoms with Crippen molar-refractivity contribution in [3.05, 3.63) is 48.3 Å². The van der Waals surface area contributed by atoms with Crippen LogP contribution in [0.15, 0.2) is 42.7 Å². The molecule has 2 atom stereocenters. The molecule has 3 heterocycles. The lowest BCUT2D eigenvalue weighted by molar-refractivity contribution is -0.126. The zero-order valence-corrected chi connectivity index (χ0v) is 16.5. The molecule has 0 bridgehead atoms. The van der Waals surface area contributed by atoms with Crippen LogP contribution in [0.1, 0.15) is 18.1 Å². The first-order valence-electron chi connectivity index (χ1n) is 9.10. The number of hydrogen-bond donors (Lipinski definition) is 2. The zero-order chi connectivity index (χ0) is 20.1. The second-order valence-corrected chi connectivity index (χ2v) is 7.42. The third-order valence-corrected chi connectivity index (χ3v) is 5.27. The molecule has 3 aromatic rings. The van der Waals surface area contributed by atoms with Crippen molar-refractivity contribution in [2.75, 3.05) is 35.7 Å². The fourth-order valence-electron chi connectivity index (χ4n) is 3.15. The minimum Gasteiger partial charge on any atom is -0.367 e. The highest BCUT2D eigenvalue weighted by Gasteiger charge is 2.26. The van der Waals surface area contributed by atoms with Gasteiger partial charge in [-0.1, -0.05) is 41.7 Å². The first-order valence-corrected chi connectivity index (χ1v) is 9.92. The Morgan fingerprint density at radius 1 is 1.21 bits per heavy atom. The Balaban J connectivity index is 1.33. The number of benzene rings is 1. The Labute approximate surface area is 171 Å². The zero-order valence-electron chi connectivity index (χ0n) is 15.7. The van der Waals surface area contributed by atoms with Crippen molar-refractivity contribution in [1.82, 2.24) is 25.4 Å². The van der Waals surface area contributed by atoms with E-state index < -0.39 is 6.10 Å². The number of carbonyl (C=O) groups excluding carboxylic acids is 1. The van der Waals surface area contributed by atoms with Gasteiger partial charge in [0.05, 0.1) is 12.4 Å². The molecule has 29 heavy (non-hydrogen) atoms. The molecule has 0 radical (unpaired) electrons. The van der Waals surface area contributed by atoms with Gasteiger partial charge in [0.2, 0.25) is 16.2 Å². The Morgan fingerprint density at radius 3 is 2.79 bits per heavy atom. The summed E-state index contributed by atoms with van der Waals surface area (Å²) in [4.78, 5) is 18.8. The van der Waals surface area contributed by atoms with Crippen LogP contribution in [0.3, 0.4) is 0 Å². The number of carbonyl (C=O) groups is 1. The van der Waals surface area contributed by atoms with Crippen molar-refractivity contribution in [2.45, 2.75) is 18.6 Å². The van der Waals surface area contributed by atoms with Gasteiger partial charge in [0, 0.05) is 26.2 Å². The van der Waals surface area contributed by atoms with E-state index in [1.165, 1.54) is 18.4 Å². The molecule has 1 aliphatic heterocycles. The van der Waals surface area contributed by atoms with E-state index in [9.17, 15) is 4.79 Å². The summed E-state index contributed by atoms with van der Waals surface area (Å²) in [5.41, 5.74) is 0.777. The highest BCUT2D eigenvalue weighted by Crippen LogP contribution is 2.25. The summed E-state index contributed by atoms with van der Waals surface area (Å²) in [5.74, 6) is 0.329. The van der Waals surface area contributed by atoms with E-state index in [0.29, 0.717) is 16.2 Å². The van der Waals surface area contributed by atoms with Gasteiger partial charge >= 0.3 is 0 Å². The van der Waals surface area contributed by atoms with Crippen molar-refractivity contribution >= 4 is 33.5 Å². The SMILES string of the molecule is COC(C(=O)Nc1nnc(NC2CCN(c3nccnn3)C2)s1)c1ccccc1. The van der Waals surface area contributed by atoms with Gasteiger partial charge in [-0.15, -0.1) is 15.3 Å². The van der Waals surface area contributed by atoms with Crippen molar-refractivity contribution in [3.8, 4) is 0 Å². The van der Waals surface area contributed by atoms with Crippen molar-refractivity contribution in [2.24, 2.45) is 0 Å². The molecule has 1 fully saturated rings. The minimum absolute atomic E-state index is 0.186. The first-order chi connectivity index (χ1) is 14.2. The standard InChI is InChI=1S/C18H20N8O2S/c1-28-14(12-5-3-2-4-6-12)15(27)22-18-25-24-17(29-18)21-13-7-10-26(11-13)16-19-8-9-20-23-16/h2-6,8-9,13-14H,7,10-11H2,1H3,(H,21,24)(H,22,25,27). The summed E-state index contributed by atoms with van der Waals surface area (Å²) in [6, 6.07) is 9.50. The van der Waals surface area contributed by atoms with Gasteiger partial charge in [0.1, 0.15) is 0 Å². The number of nitrogens with one attached hydrogen (secondary N) is 2. The fraction of sp³-hybridized carbons (Fsp3) is 0.333. The van der Waals surface area contributed by atoms with Crippen LogP contribution < -0.4 is 15.5 Å². The van der Waals surface area contributed by atoms with Gasteiger partial charge in [-0.25, -0.2) is 4.98 Å². The van der Waals surface area contributed by atoms with Crippen molar-refractivity contribution in [3.63, 3.8) is 0 Å². The second-order valence-electron chi connectivity index (χ2n) is 6.45. The van der Waals surface area contributed by atoms with E-state index >= 15 is 0 Å². The van der Waals surface area contributed by atoms with E-state index in [1.54, 1.807) is 12.4 Å². The fourth-order valence-corrected chi connectivity index (χ4v) is 3.87. The van der Waals surface area contributed by atoms with Gasteiger partial charge < -0.3 is 15.0 Å². The minimum atomic E-state index is -0.709. The maximum Gasteiger partial charge on any atom is 0.259 e. The number of anilines is 3. The molecule has 2 N–H and O–H groups in total. The van der Waals surface area contributed by atoms with Crippen molar-refractivity contribution < 1.29 is 9.53 Å². The number of nitrogens with zero attached hydrogens (tertiary/aromatic N) is 6. The summed E-state index contributed by atoms with van der Waals surface area (Å²) < 4.78 is 5.34. The highest BCUT2D eigenvalue weighted by molar-refractivity contribution is 7.19. The number of methoxy groups -OCH3 is 1. The molecule has 11 heteroatoms. The molecule has 150 valence electrons. The molecular weight excluding hydrogens is 392 g/mol. The van der Waals surface area contributed by atoms with E-state index in [-0.39, 0.29) is 11.9 Å². The van der Waals surface area contributed by atoms with E-state index in [0.717, 1.165) is 25.1 Å². The molecule has 10 nitrogen and oxygen atoms in total. The molecule has 2 unspecified atom stereocenters. The Bertz CT molecular complexity index is 939. The predicted molar refractivity (Wildman–Crippen MR) is 109 cm³/mol. The quantitative estimate of drug-likeness (QED) is 0.598. The lowest BCUT2D eigenvalue weighted by atomic mass is 10.1. The van der Waals surface area contributed by atoms with Gasteiger partial charge in [-0.2, -0.15) is 5.10 Å². The van der Waals surface area contributed by atoms with Gasteiger partial charge in [-0.05, 0) is 12.0 Å². The number of aromatic nitrogens is 5. The molecule has 0 saturated carbocycles. The monoisotopic (exact) mass is 412 g/mol. The van der Waals surface area contributed by atoms with Crippen LogP contribution >= 0.6 is 11.3 Å². The number of rotatable bonds is 7. The summed E-state index contributed by atoms with van der Waals surface area (Å²) in [7, 11) is 1.50. The Morgan fingerprint density at radius 2 is 2.03 bits per heavy atom. The van der Waals surface area contributed by atoms with Crippen LogP contribution in [-0.4, -0.2) is 57.5 Å². The Kier molecular flexibility index (Phi) is 5.86. The van der Waals surface area contributed by atoms with Crippen molar-refractivity contribution in [1.29, 1.82) is 0 Å². The Hall–Kier alpha value is -3.18. The maximum atomic E-state index is 12.6. The third-order valence-electron chi connectivity index (χ3n) is 4.50. The predicted octanol–water partition coefficient (Wildman–Crippen LogP) is 1.74. The highest BCUT2D eigenvalue weighted by atomic mass is 32.1. The van der Waals surface area contributed by atoms with Gasteiger partial charge in [-0.3, -0.25) is 10.1 Å². The molecule has 2 aromatic heterocycles. The second kappa shape index (κ2) is 8.88. The third kappa shape index (κ3) is 4.63. The summed E-state index contributed by atoms with van der Waals surface area (Å²) >= 11 is 1.29. The smallest absolute Gasteiger partial charge is 0.259 e. The first kappa shape index (κ1) is 19.2. The van der Waals surface area contributed by atoms with Crippen LogP contribution in [0.5, 0.6) is 0 Å². The normalized spacial score (nSPS) is 17.1. The summed E-state index contributed by atoms with van der Waals surface area (Å²) in [6.07, 6.45) is 3.39. The molecule has 1 amide bonds. The lowest BCUT2D eigenvalue weighted by Crippen LogP contribution is -2.27. The number of ether oxygens (including phenoxy) is 1. The van der Waals surface area contributed by atoms with Crippen LogP contribution in [0.2, 0.25) is 0 Å². The molecule has 4 rings (SSSR count). The average Bonchev–Trinajstić information content (AvgIpc) is 3.40. The molecule has 1 aromatic carbocycles. The molecule has 0 spiro atoms. The van der Waals surface area contributed by atoms with E-state index in [2.05, 4.69) is 40.9 Å². The summed E-state index contributed by atoms with van der Waals surface area (Å²) in [6.45, 7) is 1.57. The van der Waals surface area contributed by atoms with Gasteiger partial charge in [0.25, 0.3) is 5.91 Å². The maximum absolute atomic E-state index is 12.6. The number of amides is 1. The molecule has 1 saturated heterocycles. The van der Waals surface area contributed by atoms with E-state index in [4.69, 9.17) is 4.74 Å². The van der Waals surface area contributed by atoms with Crippen LogP contribution in [0.4, 0.5) is 16.2 Å². The average molecular weight is 412 g/mol. The van der Waals surface area contributed by atoms with Crippen LogP contribution in [0, 0.1) is 0 Å². The lowest BCUT2D eigenvalue weighted by Gasteiger charge is -2.15. The molecule has 1 aliphatic rings. The molecule has 0 aliphatic carbocycles. The van der Waals surface area contributed by atoms with Gasteiger partial charge in [0.15, 0.2) is 6.10 Å². The van der Waals surface area contributed by atoms with Crippen LogP contribution in [0.25, 0.3) is 0 Å². The van der Waals surface area contributed by atoms with E-state index in [1.807, 2.05) is 30.3 Å². The topological polar surface area (TPSA) is 118 Å². The largest absolute Gasteiger partial charge is 0.367 e. The van der Waals surface area contributed by atoms with Crippen LogP contribution in [-0.2, 0) is 9.53 Å². The molecular formula is C18H20N8O2S. The number of hydrogen-bond acceptors (Lipinski definition) is 10.